The fourth-order valence-corrected chi connectivity index (χ4v) is 2.15. The molecule has 2 heterocycles. The van der Waals surface area contributed by atoms with Gasteiger partial charge in [0.15, 0.2) is 11.2 Å². The van der Waals surface area contributed by atoms with Gasteiger partial charge in [0, 0.05) is 25.0 Å². The summed E-state index contributed by atoms with van der Waals surface area (Å²) in [6.07, 6.45) is 4.39. The molecule has 0 aliphatic rings. The third-order valence-electron chi connectivity index (χ3n) is 3.23. The Bertz CT molecular complexity index is 904. The number of benzene rings is 1. The van der Waals surface area contributed by atoms with Gasteiger partial charge in [0.2, 0.25) is 0 Å². The third kappa shape index (κ3) is 2.56. The number of aromatic nitrogens is 4. The molecule has 110 valence electrons. The summed E-state index contributed by atoms with van der Waals surface area (Å²) < 4.78 is 1.44. The van der Waals surface area contributed by atoms with Crippen LogP contribution in [0.1, 0.15) is 15.9 Å². The maximum Gasteiger partial charge on any atom is 0.281 e. The lowest BCUT2D eigenvalue weighted by Crippen LogP contribution is -2.23. The Morgan fingerprint density at radius 2 is 2.05 bits per heavy atom. The highest BCUT2D eigenvalue weighted by molar-refractivity contribution is 5.94. The monoisotopic (exact) mass is 295 g/mol. The lowest BCUT2D eigenvalue weighted by Gasteiger charge is -2.07. The number of nitrogens with zero attached hydrogens (tertiary/aromatic N) is 4. The molecule has 22 heavy (non-hydrogen) atoms. The van der Waals surface area contributed by atoms with Gasteiger partial charge in [0.05, 0.1) is 6.54 Å². The van der Waals surface area contributed by atoms with E-state index in [-0.39, 0.29) is 17.0 Å². The molecular formula is C15H13N5O2. The van der Waals surface area contributed by atoms with Crippen LogP contribution in [0.2, 0.25) is 0 Å². The van der Waals surface area contributed by atoms with E-state index < -0.39 is 0 Å². The highest BCUT2D eigenvalue weighted by atomic mass is 16.1. The second-order valence-electron chi connectivity index (χ2n) is 4.69. The van der Waals surface area contributed by atoms with Gasteiger partial charge in [-0.25, -0.2) is 15.0 Å². The average molecular weight is 295 g/mol. The number of fused-ring (bicyclic) bond motifs is 1. The van der Waals surface area contributed by atoms with E-state index in [4.69, 9.17) is 0 Å². The van der Waals surface area contributed by atoms with Crippen molar-refractivity contribution in [1.29, 1.82) is 0 Å². The van der Waals surface area contributed by atoms with Crippen LogP contribution in [0.5, 0.6) is 0 Å². The minimum absolute atomic E-state index is 0.170. The number of rotatable bonds is 3. The normalized spacial score (nSPS) is 10.6. The third-order valence-corrected chi connectivity index (χ3v) is 3.23. The Morgan fingerprint density at radius 1 is 1.23 bits per heavy atom. The first-order chi connectivity index (χ1) is 10.7. The van der Waals surface area contributed by atoms with E-state index >= 15 is 0 Å². The lowest BCUT2D eigenvalue weighted by molar-refractivity contribution is 0.0963. The van der Waals surface area contributed by atoms with E-state index in [0.29, 0.717) is 17.8 Å². The van der Waals surface area contributed by atoms with Crippen LogP contribution >= 0.6 is 0 Å². The summed E-state index contributed by atoms with van der Waals surface area (Å²) in [5.41, 5.74) is 1.66. The summed E-state index contributed by atoms with van der Waals surface area (Å²) in [6, 6.07) is 7.08. The highest BCUT2D eigenvalue weighted by Gasteiger charge is 2.08. The van der Waals surface area contributed by atoms with Gasteiger partial charge in [-0.1, -0.05) is 12.1 Å². The van der Waals surface area contributed by atoms with Crippen LogP contribution in [0, 0.1) is 0 Å². The van der Waals surface area contributed by atoms with E-state index in [1.54, 1.807) is 25.2 Å². The molecule has 7 heteroatoms. The van der Waals surface area contributed by atoms with Crippen molar-refractivity contribution in [2.45, 2.75) is 6.54 Å². The summed E-state index contributed by atoms with van der Waals surface area (Å²) in [6.45, 7) is 0.309. The smallest absolute Gasteiger partial charge is 0.281 e. The van der Waals surface area contributed by atoms with E-state index in [9.17, 15) is 9.59 Å². The topological polar surface area (TPSA) is 89.8 Å². The predicted molar refractivity (Wildman–Crippen MR) is 80.5 cm³/mol. The van der Waals surface area contributed by atoms with Gasteiger partial charge in [0.1, 0.15) is 6.33 Å². The molecule has 0 radical (unpaired) electrons. The molecule has 1 aromatic carbocycles. The van der Waals surface area contributed by atoms with E-state index in [2.05, 4.69) is 20.3 Å². The minimum atomic E-state index is -0.261. The first kappa shape index (κ1) is 13.9. The van der Waals surface area contributed by atoms with Gasteiger partial charge in [-0.15, -0.1) is 0 Å². The molecule has 0 saturated carbocycles. The maximum atomic E-state index is 12.3. The Morgan fingerprint density at radius 3 is 2.86 bits per heavy atom. The first-order valence-corrected chi connectivity index (χ1v) is 6.66. The number of carbonyl (C=O) groups is 1. The molecule has 0 fully saturated rings. The Balaban J connectivity index is 1.98. The molecule has 0 saturated heterocycles. The standard InChI is InChI=1S/C15H13N5O2/c1-16-14(21)11-4-2-3-10(7-11)8-20-9-19-13-12(15(20)22)17-5-6-18-13/h2-7,9H,8H2,1H3,(H,16,21). The quantitative estimate of drug-likeness (QED) is 0.764. The van der Waals surface area contributed by atoms with Crippen molar-refractivity contribution in [3.05, 3.63) is 64.5 Å². The van der Waals surface area contributed by atoms with Crippen LogP contribution in [-0.4, -0.2) is 32.5 Å². The van der Waals surface area contributed by atoms with Crippen LogP contribution in [0.4, 0.5) is 0 Å². The van der Waals surface area contributed by atoms with Crippen LogP contribution in [0.15, 0.2) is 47.8 Å². The van der Waals surface area contributed by atoms with Crippen LogP contribution in [0.3, 0.4) is 0 Å². The molecule has 1 amide bonds. The molecule has 0 atom stereocenters. The molecule has 0 spiro atoms. The van der Waals surface area contributed by atoms with Crippen LogP contribution in [-0.2, 0) is 6.54 Å². The molecule has 1 N–H and O–H groups in total. The molecule has 0 bridgehead atoms. The number of amides is 1. The van der Waals surface area contributed by atoms with Crippen molar-refractivity contribution in [3.63, 3.8) is 0 Å². The van der Waals surface area contributed by atoms with Crippen molar-refractivity contribution in [1.82, 2.24) is 24.8 Å². The lowest BCUT2D eigenvalue weighted by atomic mass is 10.1. The van der Waals surface area contributed by atoms with Crippen molar-refractivity contribution in [2.24, 2.45) is 0 Å². The van der Waals surface area contributed by atoms with E-state index in [1.165, 1.54) is 23.3 Å². The predicted octanol–water partition coefficient (Wildman–Crippen LogP) is 0.594. The SMILES string of the molecule is CNC(=O)c1cccc(Cn2cnc3nccnc3c2=O)c1. The minimum Gasteiger partial charge on any atom is -0.355 e. The summed E-state index contributed by atoms with van der Waals surface area (Å²) in [5, 5.41) is 2.57. The molecular weight excluding hydrogens is 282 g/mol. The van der Waals surface area contributed by atoms with Crippen molar-refractivity contribution < 1.29 is 4.79 Å². The Hall–Kier alpha value is -3.09. The fourth-order valence-electron chi connectivity index (χ4n) is 2.15. The van der Waals surface area contributed by atoms with E-state index in [1.807, 2.05) is 6.07 Å². The van der Waals surface area contributed by atoms with Gasteiger partial charge >= 0.3 is 0 Å². The summed E-state index contributed by atoms with van der Waals surface area (Å²) >= 11 is 0. The zero-order chi connectivity index (χ0) is 15.5. The van der Waals surface area contributed by atoms with Gasteiger partial charge in [0.25, 0.3) is 11.5 Å². The largest absolute Gasteiger partial charge is 0.355 e. The molecule has 0 unspecified atom stereocenters. The van der Waals surface area contributed by atoms with Gasteiger partial charge in [-0.05, 0) is 17.7 Å². The van der Waals surface area contributed by atoms with E-state index in [0.717, 1.165) is 5.56 Å². The molecule has 3 aromatic rings. The second kappa shape index (κ2) is 5.72. The molecule has 7 nitrogen and oxygen atoms in total. The number of hydrogen-bond acceptors (Lipinski definition) is 5. The molecule has 0 aliphatic carbocycles. The van der Waals surface area contributed by atoms with Crippen LogP contribution < -0.4 is 10.9 Å². The van der Waals surface area contributed by atoms with Crippen molar-refractivity contribution >= 4 is 17.1 Å². The summed E-state index contributed by atoms with van der Waals surface area (Å²) in [4.78, 5) is 36.1. The Labute approximate surface area is 125 Å². The zero-order valence-corrected chi connectivity index (χ0v) is 11.9. The summed E-state index contributed by atoms with van der Waals surface area (Å²) in [7, 11) is 1.57. The Kier molecular flexibility index (Phi) is 3.61. The number of nitrogens with one attached hydrogen (secondary N) is 1. The van der Waals surface area contributed by atoms with Gasteiger partial charge < -0.3 is 5.32 Å². The second-order valence-corrected chi connectivity index (χ2v) is 4.69. The first-order valence-electron chi connectivity index (χ1n) is 6.66. The molecule has 3 rings (SSSR count). The zero-order valence-electron chi connectivity index (χ0n) is 11.9. The van der Waals surface area contributed by atoms with Gasteiger partial charge in [-0.2, -0.15) is 0 Å². The average Bonchev–Trinajstić information content (AvgIpc) is 2.57. The van der Waals surface area contributed by atoms with Crippen molar-refractivity contribution in [3.8, 4) is 0 Å². The van der Waals surface area contributed by atoms with Crippen molar-refractivity contribution in [2.75, 3.05) is 7.05 Å². The van der Waals surface area contributed by atoms with Crippen LogP contribution in [0.25, 0.3) is 11.2 Å². The fraction of sp³-hybridized carbons (Fsp3) is 0.133. The number of hydrogen-bond donors (Lipinski definition) is 1. The molecule has 2 aromatic heterocycles. The summed E-state index contributed by atoms with van der Waals surface area (Å²) in [5.74, 6) is -0.170. The molecule has 0 aliphatic heterocycles. The van der Waals surface area contributed by atoms with Gasteiger partial charge in [-0.3, -0.25) is 14.2 Å². The highest BCUT2D eigenvalue weighted by Crippen LogP contribution is 2.07. The number of carbonyl (C=O) groups excluding carboxylic acids is 1. The maximum absolute atomic E-state index is 12.3.